The number of nitrogens with one attached hydrogen (secondary N) is 2. The summed E-state index contributed by atoms with van der Waals surface area (Å²) in [5, 5.41) is 2.84. The second-order valence-electron chi connectivity index (χ2n) is 6.05. The van der Waals surface area contributed by atoms with Crippen LogP contribution in [0, 0.1) is 6.92 Å². The van der Waals surface area contributed by atoms with E-state index in [1.54, 1.807) is 39.2 Å². The molecule has 0 aliphatic heterocycles. The number of benzene rings is 2. The van der Waals surface area contributed by atoms with Gasteiger partial charge < -0.3 is 10.1 Å². The number of methoxy groups -OCH3 is 1. The minimum atomic E-state index is -3.33. The highest BCUT2D eigenvalue weighted by atomic mass is 79.9. The van der Waals surface area contributed by atoms with Crippen LogP contribution in [0.2, 0.25) is 0 Å². The van der Waals surface area contributed by atoms with E-state index in [0.29, 0.717) is 24.2 Å². The van der Waals surface area contributed by atoms with Crippen molar-refractivity contribution < 1.29 is 17.9 Å². The molecule has 2 rings (SSSR count). The van der Waals surface area contributed by atoms with Gasteiger partial charge in [0.15, 0.2) is 0 Å². The van der Waals surface area contributed by atoms with E-state index in [-0.39, 0.29) is 11.7 Å². The van der Waals surface area contributed by atoms with Gasteiger partial charge in [0.25, 0.3) is 0 Å². The molecule has 0 fully saturated rings. The Kier molecular flexibility index (Phi) is 7.26. The predicted molar refractivity (Wildman–Crippen MR) is 112 cm³/mol. The molecule has 2 N–H and O–H groups in total. The summed E-state index contributed by atoms with van der Waals surface area (Å²) in [4.78, 5) is 12.2. The molecular formula is C19H23BrN2O4S. The summed E-state index contributed by atoms with van der Waals surface area (Å²) < 4.78 is 31.9. The predicted octanol–water partition coefficient (Wildman–Crippen LogP) is 4.10. The van der Waals surface area contributed by atoms with Crippen molar-refractivity contribution in [1.29, 1.82) is 0 Å². The Balaban J connectivity index is 1.95. The third-order valence-electron chi connectivity index (χ3n) is 4.01. The van der Waals surface area contributed by atoms with Gasteiger partial charge in [0.2, 0.25) is 15.9 Å². The number of carbonyl (C=O) groups excluding carboxylic acids is 1. The van der Waals surface area contributed by atoms with Crippen LogP contribution in [-0.2, 0) is 21.2 Å². The molecule has 0 saturated carbocycles. The zero-order chi connectivity index (χ0) is 20.0. The molecule has 0 unspecified atom stereocenters. The summed E-state index contributed by atoms with van der Waals surface area (Å²) in [5.41, 5.74) is 2.91. The molecule has 0 bridgehead atoms. The second kappa shape index (κ2) is 9.23. The maximum Gasteiger partial charge on any atom is 0.232 e. The van der Waals surface area contributed by atoms with Gasteiger partial charge in [0, 0.05) is 12.1 Å². The molecule has 0 radical (unpaired) electrons. The maximum atomic E-state index is 12.2. The standard InChI is InChI=1S/C19H23BrN2O4S/c1-4-27(24,25)22-17-8-7-15(11-13(17)2)21-19(23)10-6-14-5-9-18(26-3)16(20)12-14/h5,7-9,11-12,22H,4,6,10H2,1-3H3,(H,21,23). The largest absolute Gasteiger partial charge is 0.496 e. The Hall–Kier alpha value is -2.06. The molecule has 0 heterocycles. The Morgan fingerprint density at radius 2 is 1.93 bits per heavy atom. The molecule has 0 atom stereocenters. The summed E-state index contributed by atoms with van der Waals surface area (Å²) >= 11 is 3.43. The maximum absolute atomic E-state index is 12.2. The smallest absolute Gasteiger partial charge is 0.232 e. The minimum Gasteiger partial charge on any atom is -0.496 e. The van der Waals surface area contributed by atoms with E-state index in [4.69, 9.17) is 4.74 Å². The fourth-order valence-corrected chi connectivity index (χ4v) is 3.74. The Bertz CT molecular complexity index is 929. The number of amides is 1. The number of sulfonamides is 1. The lowest BCUT2D eigenvalue weighted by atomic mass is 10.1. The summed E-state index contributed by atoms with van der Waals surface area (Å²) in [6.07, 6.45) is 0.934. The van der Waals surface area contributed by atoms with Crippen molar-refractivity contribution in [3.63, 3.8) is 0 Å². The van der Waals surface area contributed by atoms with E-state index in [1.807, 2.05) is 18.2 Å². The van der Waals surface area contributed by atoms with E-state index in [2.05, 4.69) is 26.0 Å². The first kappa shape index (κ1) is 21.2. The molecule has 0 aliphatic rings. The first-order chi connectivity index (χ1) is 12.7. The molecular weight excluding hydrogens is 432 g/mol. The molecule has 1 amide bonds. The highest BCUT2D eigenvalue weighted by Crippen LogP contribution is 2.26. The fraction of sp³-hybridized carbons (Fsp3) is 0.316. The van der Waals surface area contributed by atoms with Crippen LogP contribution >= 0.6 is 15.9 Å². The summed E-state index contributed by atoms with van der Waals surface area (Å²) in [7, 11) is -1.72. The highest BCUT2D eigenvalue weighted by Gasteiger charge is 2.10. The van der Waals surface area contributed by atoms with Gasteiger partial charge in [0.05, 0.1) is 23.0 Å². The zero-order valence-electron chi connectivity index (χ0n) is 15.5. The number of ether oxygens (including phenoxy) is 1. The lowest BCUT2D eigenvalue weighted by molar-refractivity contribution is -0.116. The number of aryl methyl sites for hydroxylation is 2. The van der Waals surface area contributed by atoms with Gasteiger partial charge in [-0.15, -0.1) is 0 Å². The van der Waals surface area contributed by atoms with Crippen LogP contribution in [0.4, 0.5) is 11.4 Å². The molecule has 2 aromatic carbocycles. The fourth-order valence-electron chi connectivity index (χ4n) is 2.44. The Labute approximate surface area is 168 Å². The van der Waals surface area contributed by atoms with Gasteiger partial charge in [-0.2, -0.15) is 0 Å². The first-order valence-electron chi connectivity index (χ1n) is 8.47. The topological polar surface area (TPSA) is 84.5 Å². The monoisotopic (exact) mass is 454 g/mol. The summed E-state index contributed by atoms with van der Waals surface area (Å²) in [6, 6.07) is 10.8. The first-order valence-corrected chi connectivity index (χ1v) is 10.9. The average Bonchev–Trinajstić information content (AvgIpc) is 2.62. The molecule has 6 nitrogen and oxygen atoms in total. The molecule has 0 saturated heterocycles. The number of halogens is 1. The van der Waals surface area contributed by atoms with Gasteiger partial charge in [0.1, 0.15) is 5.75 Å². The lowest BCUT2D eigenvalue weighted by Crippen LogP contribution is -2.16. The molecule has 0 aromatic heterocycles. The van der Waals surface area contributed by atoms with Gasteiger partial charge in [-0.3, -0.25) is 9.52 Å². The van der Waals surface area contributed by atoms with Crippen molar-refractivity contribution >= 4 is 43.2 Å². The third-order valence-corrected chi connectivity index (χ3v) is 5.92. The highest BCUT2D eigenvalue weighted by molar-refractivity contribution is 9.10. The molecule has 146 valence electrons. The molecule has 0 spiro atoms. The lowest BCUT2D eigenvalue weighted by Gasteiger charge is -2.12. The van der Waals surface area contributed by atoms with E-state index < -0.39 is 10.0 Å². The number of hydrogen-bond acceptors (Lipinski definition) is 4. The third kappa shape index (κ3) is 6.25. The van der Waals surface area contributed by atoms with Crippen molar-refractivity contribution in [3.8, 4) is 5.75 Å². The summed E-state index contributed by atoms with van der Waals surface area (Å²) in [5.74, 6) is 0.646. The summed E-state index contributed by atoms with van der Waals surface area (Å²) in [6.45, 7) is 3.37. The average molecular weight is 455 g/mol. The van der Waals surface area contributed by atoms with Crippen LogP contribution in [0.5, 0.6) is 5.75 Å². The van der Waals surface area contributed by atoms with Crippen molar-refractivity contribution in [2.75, 3.05) is 22.9 Å². The Morgan fingerprint density at radius 3 is 2.52 bits per heavy atom. The van der Waals surface area contributed by atoms with Crippen molar-refractivity contribution in [2.24, 2.45) is 0 Å². The van der Waals surface area contributed by atoms with Gasteiger partial charge in [-0.05, 0) is 77.7 Å². The quantitative estimate of drug-likeness (QED) is 0.628. The number of rotatable bonds is 8. The van der Waals surface area contributed by atoms with Crippen molar-refractivity contribution in [2.45, 2.75) is 26.7 Å². The Morgan fingerprint density at radius 1 is 1.19 bits per heavy atom. The molecule has 27 heavy (non-hydrogen) atoms. The van der Waals surface area contributed by atoms with Crippen molar-refractivity contribution in [1.82, 2.24) is 0 Å². The molecule has 0 aliphatic carbocycles. The van der Waals surface area contributed by atoms with E-state index in [9.17, 15) is 13.2 Å². The van der Waals surface area contributed by atoms with Crippen molar-refractivity contribution in [3.05, 3.63) is 52.0 Å². The van der Waals surface area contributed by atoms with Gasteiger partial charge in [-0.25, -0.2) is 8.42 Å². The number of carbonyl (C=O) groups is 1. The van der Waals surface area contributed by atoms with Crippen LogP contribution < -0.4 is 14.8 Å². The SMILES string of the molecule is CCS(=O)(=O)Nc1ccc(NC(=O)CCc2ccc(OC)c(Br)c2)cc1C. The number of anilines is 2. The van der Waals surface area contributed by atoms with Gasteiger partial charge >= 0.3 is 0 Å². The normalized spacial score (nSPS) is 11.1. The van der Waals surface area contributed by atoms with Crippen LogP contribution in [0.15, 0.2) is 40.9 Å². The van der Waals surface area contributed by atoms with E-state index >= 15 is 0 Å². The minimum absolute atomic E-state index is 0.00635. The van der Waals surface area contributed by atoms with E-state index in [0.717, 1.165) is 21.3 Å². The zero-order valence-corrected chi connectivity index (χ0v) is 17.9. The molecule has 2 aromatic rings. The van der Waals surface area contributed by atoms with Crippen LogP contribution in [0.1, 0.15) is 24.5 Å². The van der Waals surface area contributed by atoms with Crippen LogP contribution in [-0.4, -0.2) is 27.2 Å². The number of hydrogen-bond donors (Lipinski definition) is 2. The van der Waals surface area contributed by atoms with Gasteiger partial charge in [-0.1, -0.05) is 6.07 Å². The van der Waals surface area contributed by atoms with Crippen LogP contribution in [0.3, 0.4) is 0 Å². The molecule has 8 heteroatoms. The van der Waals surface area contributed by atoms with E-state index in [1.165, 1.54) is 0 Å². The van der Waals surface area contributed by atoms with Crippen LogP contribution in [0.25, 0.3) is 0 Å². The second-order valence-corrected chi connectivity index (χ2v) is 8.92.